The minimum atomic E-state index is 0.291. The van der Waals surface area contributed by atoms with Crippen molar-refractivity contribution in [3.8, 4) is 5.75 Å². The lowest BCUT2D eigenvalue weighted by atomic mass is 10.00. The zero-order chi connectivity index (χ0) is 26.6. The van der Waals surface area contributed by atoms with Crippen LogP contribution in [0.3, 0.4) is 0 Å². The first kappa shape index (κ1) is 31.9. The van der Waals surface area contributed by atoms with Crippen LogP contribution >= 0.6 is 0 Å². The van der Waals surface area contributed by atoms with Gasteiger partial charge in [-0.25, -0.2) is 0 Å². The summed E-state index contributed by atoms with van der Waals surface area (Å²) in [5.41, 5.74) is 5.16. The summed E-state index contributed by atoms with van der Waals surface area (Å²) in [4.78, 5) is 2.21. The molecule has 0 amide bonds. The Morgan fingerprint density at radius 3 is 2.56 bits per heavy atom. The zero-order valence-corrected chi connectivity index (χ0v) is 23.4. The highest BCUT2D eigenvalue weighted by molar-refractivity contribution is 5.33. The van der Waals surface area contributed by atoms with E-state index in [1.54, 1.807) is 0 Å². The Morgan fingerprint density at radius 2 is 1.86 bits per heavy atom. The quantitative estimate of drug-likeness (QED) is 0.0765. The maximum Gasteiger partial charge on any atom is 0.124 e. The van der Waals surface area contributed by atoms with Crippen LogP contribution in [0.15, 0.2) is 61.3 Å². The largest absolute Gasteiger partial charge is 0.493 e. The van der Waals surface area contributed by atoms with Crippen molar-refractivity contribution in [3.05, 3.63) is 66.9 Å². The highest BCUT2D eigenvalue weighted by atomic mass is 16.5. The van der Waals surface area contributed by atoms with Gasteiger partial charge in [0.2, 0.25) is 0 Å². The molecule has 0 aliphatic heterocycles. The number of nitrogens with zero attached hydrogens (tertiary/aromatic N) is 1. The van der Waals surface area contributed by atoms with Crippen molar-refractivity contribution in [2.45, 2.75) is 77.4 Å². The van der Waals surface area contributed by atoms with Gasteiger partial charge in [-0.3, -0.25) is 11.3 Å². The van der Waals surface area contributed by atoms with Crippen molar-refractivity contribution in [3.63, 3.8) is 0 Å². The second kappa shape index (κ2) is 20.0. The summed E-state index contributed by atoms with van der Waals surface area (Å²) >= 11 is 0. The molecular weight excluding hydrogens is 446 g/mol. The third-order valence-corrected chi connectivity index (χ3v) is 6.47. The average Bonchev–Trinajstić information content (AvgIpc) is 2.86. The number of likely N-dealkylation sites (N-methyl/N-ethyl adjacent to an activating group) is 1. The van der Waals surface area contributed by atoms with E-state index in [4.69, 9.17) is 10.6 Å². The first-order valence-electron chi connectivity index (χ1n) is 13.6. The zero-order valence-electron chi connectivity index (χ0n) is 23.4. The lowest BCUT2D eigenvalue weighted by molar-refractivity contribution is 0.297. The third kappa shape index (κ3) is 13.8. The normalized spacial score (nSPS) is 13.2. The lowest BCUT2D eigenvalue weighted by Gasteiger charge is -2.20. The van der Waals surface area contributed by atoms with Gasteiger partial charge >= 0.3 is 0 Å². The molecule has 5 N–H and O–H groups in total. The molecule has 0 saturated heterocycles. The topological polar surface area (TPSA) is 74.6 Å². The van der Waals surface area contributed by atoms with Crippen LogP contribution in [0.1, 0.15) is 64.4 Å². The van der Waals surface area contributed by atoms with Gasteiger partial charge in [-0.2, -0.15) is 0 Å². The maximum absolute atomic E-state index is 6.15. The molecule has 0 fully saturated rings. The average molecular weight is 500 g/mol. The van der Waals surface area contributed by atoms with Gasteiger partial charge in [0.05, 0.1) is 6.61 Å². The van der Waals surface area contributed by atoms with Gasteiger partial charge in [0.1, 0.15) is 5.75 Å². The molecule has 6 heteroatoms. The number of hydrogen-bond donors (Lipinski definition) is 4. The third-order valence-electron chi connectivity index (χ3n) is 6.47. The molecule has 2 atom stereocenters. The van der Waals surface area contributed by atoms with Gasteiger partial charge in [-0.15, -0.1) is 6.58 Å². The molecule has 0 heterocycles. The van der Waals surface area contributed by atoms with E-state index in [2.05, 4.69) is 85.5 Å². The van der Waals surface area contributed by atoms with Crippen molar-refractivity contribution in [1.29, 1.82) is 0 Å². The Bertz CT molecular complexity index is 749. The highest BCUT2D eigenvalue weighted by Crippen LogP contribution is 2.20. The van der Waals surface area contributed by atoms with Crippen molar-refractivity contribution in [2.75, 3.05) is 33.8 Å². The molecule has 1 aromatic rings. The number of para-hydroxylation sites is 1. The van der Waals surface area contributed by atoms with E-state index < -0.39 is 0 Å². The molecule has 0 aromatic heterocycles. The van der Waals surface area contributed by atoms with Crippen LogP contribution in [0.5, 0.6) is 5.75 Å². The molecule has 2 unspecified atom stereocenters. The second-order valence-corrected chi connectivity index (χ2v) is 9.92. The van der Waals surface area contributed by atoms with E-state index in [1.165, 1.54) is 11.1 Å². The van der Waals surface area contributed by atoms with Gasteiger partial charge in [0.15, 0.2) is 0 Å². The molecule has 0 radical (unpaired) electrons. The van der Waals surface area contributed by atoms with Crippen molar-refractivity contribution >= 4 is 0 Å². The van der Waals surface area contributed by atoms with Gasteiger partial charge in [0.25, 0.3) is 0 Å². The predicted molar refractivity (Wildman–Crippen MR) is 156 cm³/mol. The highest BCUT2D eigenvalue weighted by Gasteiger charge is 2.09. The fraction of sp³-hybridized carbons (Fsp3) is 0.600. The number of nitrogens with two attached hydrogens (primary N) is 1. The first-order valence-corrected chi connectivity index (χ1v) is 13.6. The fourth-order valence-electron chi connectivity index (χ4n) is 4.16. The summed E-state index contributed by atoms with van der Waals surface area (Å²) in [5.74, 6) is 6.91. The van der Waals surface area contributed by atoms with Crippen LogP contribution in [0.25, 0.3) is 0 Å². The van der Waals surface area contributed by atoms with Crippen LogP contribution in [0.2, 0.25) is 0 Å². The monoisotopic (exact) mass is 499 g/mol. The molecule has 36 heavy (non-hydrogen) atoms. The molecule has 0 saturated carbocycles. The number of rotatable bonds is 22. The number of unbranched alkanes of at least 4 members (excludes halogenated alkanes) is 3. The predicted octanol–water partition coefficient (Wildman–Crippen LogP) is 5.15. The summed E-state index contributed by atoms with van der Waals surface area (Å²) in [6.07, 6.45) is 13.9. The van der Waals surface area contributed by atoms with Crippen LogP contribution < -0.4 is 26.6 Å². The Hall–Kier alpha value is -2.12. The minimum Gasteiger partial charge on any atom is -0.493 e. The van der Waals surface area contributed by atoms with E-state index in [9.17, 15) is 0 Å². The molecular formula is C30H53N5O. The first-order chi connectivity index (χ1) is 17.4. The van der Waals surface area contributed by atoms with Gasteiger partial charge in [0, 0.05) is 37.8 Å². The fourth-order valence-corrected chi connectivity index (χ4v) is 4.16. The van der Waals surface area contributed by atoms with E-state index in [0.29, 0.717) is 18.0 Å². The standard InChI is InChI=1S/C30H53N5O/c1-7-28(25(2)3)33-20-12-8-14-23-36-30-19-10-9-17-27(30)24-35(6)22-15-18-29(32-5)26(4)16-11-13-21-34-31/h7,9-10,15,17,19,22,25,28-29,32-34H,1,4,8,11-14,16,18,20-21,23-24,31H2,2-3,5-6H3. The summed E-state index contributed by atoms with van der Waals surface area (Å²) in [7, 11) is 4.11. The minimum absolute atomic E-state index is 0.291. The van der Waals surface area contributed by atoms with Crippen LogP contribution in [0.4, 0.5) is 0 Å². The van der Waals surface area contributed by atoms with E-state index in [0.717, 1.165) is 76.9 Å². The van der Waals surface area contributed by atoms with Gasteiger partial charge in [-0.05, 0) is 76.7 Å². The summed E-state index contributed by atoms with van der Waals surface area (Å²) < 4.78 is 6.15. The number of benzene rings is 1. The molecule has 1 aromatic carbocycles. The number of hydrazine groups is 1. The van der Waals surface area contributed by atoms with Crippen LogP contribution in [0, 0.1) is 5.92 Å². The lowest BCUT2D eigenvalue weighted by Crippen LogP contribution is -2.32. The summed E-state index contributed by atoms with van der Waals surface area (Å²) in [5, 5.41) is 6.96. The molecule has 1 rings (SSSR count). The van der Waals surface area contributed by atoms with E-state index in [-0.39, 0.29) is 0 Å². The van der Waals surface area contributed by atoms with Crippen molar-refractivity contribution in [2.24, 2.45) is 11.8 Å². The Balaban J connectivity index is 2.39. The molecule has 204 valence electrons. The molecule has 0 aliphatic carbocycles. The maximum atomic E-state index is 6.15. The Kier molecular flexibility index (Phi) is 17.7. The Labute approximate surface area is 221 Å². The SMILES string of the molecule is C=CC(NCCCCCOc1ccccc1CN(C)C=CCC(NC)C(=C)CCCCNN)C(C)C. The van der Waals surface area contributed by atoms with Crippen molar-refractivity contribution in [1.82, 2.24) is 21.0 Å². The number of nitrogens with one attached hydrogen (secondary N) is 3. The van der Waals surface area contributed by atoms with Crippen LogP contribution in [-0.4, -0.2) is 50.8 Å². The molecule has 6 nitrogen and oxygen atoms in total. The molecule has 0 aliphatic rings. The van der Waals surface area contributed by atoms with Crippen LogP contribution in [-0.2, 0) is 6.54 Å². The van der Waals surface area contributed by atoms with E-state index in [1.807, 2.05) is 19.2 Å². The summed E-state index contributed by atoms with van der Waals surface area (Å²) in [6.45, 7) is 16.1. The van der Waals surface area contributed by atoms with Crippen molar-refractivity contribution < 1.29 is 4.74 Å². The van der Waals surface area contributed by atoms with Gasteiger partial charge in [-0.1, -0.05) is 56.4 Å². The second-order valence-electron chi connectivity index (χ2n) is 9.92. The smallest absolute Gasteiger partial charge is 0.124 e. The molecule has 0 bridgehead atoms. The number of hydrogen-bond acceptors (Lipinski definition) is 6. The van der Waals surface area contributed by atoms with E-state index >= 15 is 0 Å². The van der Waals surface area contributed by atoms with Gasteiger partial charge < -0.3 is 20.3 Å². The molecule has 0 spiro atoms. The Morgan fingerprint density at radius 1 is 1.11 bits per heavy atom. The summed E-state index contributed by atoms with van der Waals surface area (Å²) in [6, 6.07) is 9.04. The number of ether oxygens (including phenoxy) is 1.